The summed E-state index contributed by atoms with van der Waals surface area (Å²) in [7, 11) is 0. The Bertz CT molecular complexity index is 931. The summed E-state index contributed by atoms with van der Waals surface area (Å²) in [6.07, 6.45) is 9.08. The summed E-state index contributed by atoms with van der Waals surface area (Å²) in [5, 5.41) is 12.7. The number of hydrogen-bond acceptors (Lipinski definition) is 4. The number of nitrogens with zero attached hydrogens (tertiary/aromatic N) is 3. The molecule has 0 unspecified atom stereocenters. The number of aromatic amines is 1. The van der Waals surface area contributed by atoms with E-state index in [0.717, 1.165) is 28.9 Å². The molecule has 0 spiro atoms. The lowest BCUT2D eigenvalue weighted by Crippen LogP contribution is -2.00. The van der Waals surface area contributed by atoms with Crippen LogP contribution in [0.25, 0.3) is 22.0 Å². The third-order valence-corrected chi connectivity index (χ3v) is 3.75. The molecule has 112 valence electrons. The van der Waals surface area contributed by atoms with Crippen molar-refractivity contribution in [1.29, 1.82) is 0 Å². The van der Waals surface area contributed by atoms with E-state index in [9.17, 15) is 0 Å². The van der Waals surface area contributed by atoms with E-state index in [-0.39, 0.29) is 0 Å². The molecule has 0 atom stereocenters. The molecule has 5 heteroatoms. The molecule has 0 bridgehead atoms. The molecule has 0 amide bonds. The van der Waals surface area contributed by atoms with E-state index in [1.807, 2.05) is 36.9 Å². The van der Waals surface area contributed by atoms with Gasteiger partial charge in [-0.2, -0.15) is 5.10 Å². The molecule has 3 heterocycles. The first kappa shape index (κ1) is 13.5. The number of pyridine rings is 2. The normalized spacial score (nSPS) is 10.8. The lowest BCUT2D eigenvalue weighted by atomic mass is 10.1. The van der Waals surface area contributed by atoms with E-state index in [0.29, 0.717) is 0 Å². The molecule has 0 aliphatic carbocycles. The van der Waals surface area contributed by atoms with Gasteiger partial charge in [-0.1, -0.05) is 12.1 Å². The lowest BCUT2D eigenvalue weighted by Gasteiger charge is -2.08. The van der Waals surface area contributed by atoms with Crippen LogP contribution in [-0.2, 0) is 6.54 Å². The van der Waals surface area contributed by atoms with Crippen molar-refractivity contribution in [3.8, 4) is 11.3 Å². The molecule has 0 aliphatic heterocycles. The zero-order valence-electron chi connectivity index (χ0n) is 12.4. The van der Waals surface area contributed by atoms with Gasteiger partial charge in [0.05, 0.1) is 11.4 Å². The van der Waals surface area contributed by atoms with Gasteiger partial charge in [-0.05, 0) is 35.2 Å². The maximum atomic E-state index is 4.28. The number of H-pyrrole nitrogens is 1. The quantitative estimate of drug-likeness (QED) is 0.604. The molecule has 4 rings (SSSR count). The van der Waals surface area contributed by atoms with E-state index in [2.05, 4.69) is 49.7 Å². The Morgan fingerprint density at radius 1 is 0.870 bits per heavy atom. The van der Waals surface area contributed by atoms with E-state index < -0.39 is 0 Å². The summed E-state index contributed by atoms with van der Waals surface area (Å²) in [5.74, 6) is 0. The second-order valence-corrected chi connectivity index (χ2v) is 5.34. The van der Waals surface area contributed by atoms with Gasteiger partial charge in [0.1, 0.15) is 0 Å². The Kier molecular flexibility index (Phi) is 3.44. The van der Waals surface area contributed by atoms with Crippen molar-refractivity contribution < 1.29 is 0 Å². The van der Waals surface area contributed by atoms with Gasteiger partial charge >= 0.3 is 0 Å². The number of rotatable bonds is 4. The second-order valence-electron chi connectivity index (χ2n) is 5.34. The topological polar surface area (TPSA) is 66.5 Å². The van der Waals surface area contributed by atoms with Gasteiger partial charge in [0, 0.05) is 48.5 Å². The average molecular weight is 301 g/mol. The summed E-state index contributed by atoms with van der Waals surface area (Å²) in [5.41, 5.74) is 4.17. The molecule has 0 fully saturated rings. The van der Waals surface area contributed by atoms with Gasteiger partial charge in [0.2, 0.25) is 0 Å². The van der Waals surface area contributed by atoms with Crippen molar-refractivity contribution in [2.45, 2.75) is 6.54 Å². The molecule has 5 nitrogen and oxygen atoms in total. The second kappa shape index (κ2) is 5.88. The van der Waals surface area contributed by atoms with Gasteiger partial charge in [-0.15, -0.1) is 0 Å². The fourth-order valence-electron chi connectivity index (χ4n) is 2.55. The Hall–Kier alpha value is -3.21. The van der Waals surface area contributed by atoms with Crippen LogP contribution in [-0.4, -0.2) is 20.2 Å². The van der Waals surface area contributed by atoms with Crippen LogP contribution in [0.5, 0.6) is 0 Å². The minimum Gasteiger partial charge on any atom is -0.380 e. The zero-order chi connectivity index (χ0) is 15.5. The first-order valence-corrected chi connectivity index (χ1v) is 7.40. The van der Waals surface area contributed by atoms with E-state index >= 15 is 0 Å². The molecular formula is C18H15N5. The van der Waals surface area contributed by atoms with Gasteiger partial charge in [-0.25, -0.2) is 0 Å². The zero-order valence-corrected chi connectivity index (χ0v) is 12.4. The standard InChI is InChI=1S/C18H15N5/c1-2-15-10-19-5-3-14(15)7-13(1)9-21-17-8-16(11-20-12-17)18-4-6-22-23-18/h1-8,10-12,21H,9H2,(H,22,23). The monoisotopic (exact) mass is 301 g/mol. The summed E-state index contributed by atoms with van der Waals surface area (Å²) >= 11 is 0. The minimum atomic E-state index is 0.742. The molecule has 1 aromatic carbocycles. The SMILES string of the molecule is c1cc2cc(CNc3cncc(-c4ccn[nH]4)c3)ccc2cn1. The highest BCUT2D eigenvalue weighted by molar-refractivity contribution is 5.82. The fraction of sp³-hybridized carbons (Fsp3) is 0.0556. The van der Waals surface area contributed by atoms with Crippen LogP contribution in [0.2, 0.25) is 0 Å². The van der Waals surface area contributed by atoms with Crippen LogP contribution in [0.15, 0.2) is 67.4 Å². The van der Waals surface area contributed by atoms with E-state index in [1.165, 1.54) is 10.9 Å². The number of anilines is 1. The maximum absolute atomic E-state index is 4.28. The molecule has 0 saturated heterocycles. The van der Waals surface area contributed by atoms with Crippen molar-refractivity contribution in [2.24, 2.45) is 0 Å². The number of nitrogens with one attached hydrogen (secondary N) is 2. The maximum Gasteiger partial charge on any atom is 0.0666 e. The Balaban J connectivity index is 1.53. The highest BCUT2D eigenvalue weighted by Crippen LogP contribution is 2.20. The average Bonchev–Trinajstić information content (AvgIpc) is 3.15. The number of benzene rings is 1. The van der Waals surface area contributed by atoms with Crippen molar-refractivity contribution in [3.63, 3.8) is 0 Å². The van der Waals surface area contributed by atoms with Gasteiger partial charge in [0.25, 0.3) is 0 Å². The summed E-state index contributed by atoms with van der Waals surface area (Å²) < 4.78 is 0. The first-order chi connectivity index (χ1) is 11.4. The molecule has 2 N–H and O–H groups in total. The smallest absolute Gasteiger partial charge is 0.0666 e. The third-order valence-electron chi connectivity index (χ3n) is 3.75. The Labute approximate surface area is 133 Å². The number of fused-ring (bicyclic) bond motifs is 1. The fourth-order valence-corrected chi connectivity index (χ4v) is 2.55. The molecular weight excluding hydrogens is 286 g/mol. The van der Waals surface area contributed by atoms with Crippen molar-refractivity contribution in [3.05, 3.63) is 72.9 Å². The van der Waals surface area contributed by atoms with E-state index in [1.54, 1.807) is 6.20 Å². The van der Waals surface area contributed by atoms with Crippen LogP contribution in [0, 0.1) is 0 Å². The van der Waals surface area contributed by atoms with Crippen molar-refractivity contribution in [2.75, 3.05) is 5.32 Å². The Morgan fingerprint density at radius 3 is 2.78 bits per heavy atom. The molecule has 3 aromatic heterocycles. The van der Waals surface area contributed by atoms with Crippen LogP contribution in [0.3, 0.4) is 0 Å². The molecule has 23 heavy (non-hydrogen) atoms. The number of aromatic nitrogens is 4. The van der Waals surface area contributed by atoms with Gasteiger partial charge < -0.3 is 5.32 Å². The predicted octanol–water partition coefficient (Wildman–Crippen LogP) is 3.63. The summed E-state index contributed by atoms with van der Waals surface area (Å²) in [6, 6.07) is 12.4. The van der Waals surface area contributed by atoms with Crippen molar-refractivity contribution in [1.82, 2.24) is 20.2 Å². The van der Waals surface area contributed by atoms with Gasteiger partial charge in [0.15, 0.2) is 0 Å². The molecule has 4 aromatic rings. The highest BCUT2D eigenvalue weighted by atomic mass is 15.1. The van der Waals surface area contributed by atoms with Gasteiger partial charge in [-0.3, -0.25) is 15.1 Å². The number of hydrogen-bond donors (Lipinski definition) is 2. The Morgan fingerprint density at radius 2 is 1.87 bits per heavy atom. The van der Waals surface area contributed by atoms with E-state index in [4.69, 9.17) is 0 Å². The molecule has 0 aliphatic rings. The molecule has 0 saturated carbocycles. The van der Waals surface area contributed by atoms with Crippen LogP contribution in [0.4, 0.5) is 5.69 Å². The predicted molar refractivity (Wildman–Crippen MR) is 90.9 cm³/mol. The molecule has 0 radical (unpaired) electrons. The largest absolute Gasteiger partial charge is 0.380 e. The summed E-state index contributed by atoms with van der Waals surface area (Å²) in [6.45, 7) is 0.742. The van der Waals surface area contributed by atoms with Crippen LogP contribution < -0.4 is 5.32 Å². The third kappa shape index (κ3) is 2.89. The summed E-state index contributed by atoms with van der Waals surface area (Å²) in [4.78, 5) is 8.42. The highest BCUT2D eigenvalue weighted by Gasteiger charge is 2.02. The van der Waals surface area contributed by atoms with Crippen LogP contribution in [0.1, 0.15) is 5.56 Å². The van der Waals surface area contributed by atoms with Crippen molar-refractivity contribution >= 4 is 16.5 Å². The van der Waals surface area contributed by atoms with Crippen LogP contribution >= 0.6 is 0 Å². The first-order valence-electron chi connectivity index (χ1n) is 7.40. The minimum absolute atomic E-state index is 0.742. The lowest BCUT2D eigenvalue weighted by molar-refractivity contribution is 1.09.